The van der Waals surface area contributed by atoms with Crippen molar-refractivity contribution < 1.29 is 4.42 Å². The van der Waals surface area contributed by atoms with E-state index in [4.69, 9.17) is 21.8 Å². The molecule has 0 spiro atoms. The SMILES string of the molecule is NCc1coc(-c2cc(Cl)ccc2Br)n1. The lowest BCUT2D eigenvalue weighted by atomic mass is 10.2. The van der Waals surface area contributed by atoms with Gasteiger partial charge in [0.1, 0.15) is 6.26 Å². The highest BCUT2D eigenvalue weighted by Crippen LogP contribution is 2.30. The first kappa shape index (κ1) is 10.7. The van der Waals surface area contributed by atoms with Gasteiger partial charge in [-0.15, -0.1) is 0 Å². The number of nitrogens with two attached hydrogens (primary N) is 1. The molecule has 15 heavy (non-hydrogen) atoms. The molecule has 0 aliphatic heterocycles. The van der Waals surface area contributed by atoms with Crippen molar-refractivity contribution in [2.45, 2.75) is 6.54 Å². The van der Waals surface area contributed by atoms with Gasteiger partial charge in [-0.3, -0.25) is 0 Å². The highest BCUT2D eigenvalue weighted by atomic mass is 79.9. The molecule has 0 unspecified atom stereocenters. The summed E-state index contributed by atoms with van der Waals surface area (Å²) in [7, 11) is 0. The molecule has 3 nitrogen and oxygen atoms in total. The smallest absolute Gasteiger partial charge is 0.227 e. The van der Waals surface area contributed by atoms with E-state index in [9.17, 15) is 0 Å². The fraction of sp³-hybridized carbons (Fsp3) is 0.100. The number of rotatable bonds is 2. The van der Waals surface area contributed by atoms with Gasteiger partial charge in [0.15, 0.2) is 0 Å². The number of halogens is 2. The van der Waals surface area contributed by atoms with E-state index < -0.39 is 0 Å². The number of oxazole rings is 1. The minimum atomic E-state index is 0.363. The first-order chi connectivity index (χ1) is 7.20. The van der Waals surface area contributed by atoms with Crippen molar-refractivity contribution in [2.75, 3.05) is 0 Å². The lowest BCUT2D eigenvalue weighted by molar-refractivity contribution is 0.572. The van der Waals surface area contributed by atoms with Gasteiger partial charge in [-0.05, 0) is 34.1 Å². The Labute approximate surface area is 100 Å². The molecule has 2 aromatic rings. The fourth-order valence-corrected chi connectivity index (χ4v) is 1.77. The van der Waals surface area contributed by atoms with Gasteiger partial charge in [0, 0.05) is 16.0 Å². The summed E-state index contributed by atoms with van der Waals surface area (Å²) < 4.78 is 6.18. The molecule has 0 fully saturated rings. The fourth-order valence-electron chi connectivity index (χ4n) is 1.19. The van der Waals surface area contributed by atoms with Crippen molar-refractivity contribution in [3.63, 3.8) is 0 Å². The third kappa shape index (κ3) is 2.22. The molecule has 0 aliphatic carbocycles. The molecule has 0 bridgehead atoms. The Hall–Kier alpha value is -0.840. The summed E-state index contributed by atoms with van der Waals surface area (Å²) in [6, 6.07) is 5.43. The second-order valence-corrected chi connectivity index (χ2v) is 4.26. The van der Waals surface area contributed by atoms with E-state index >= 15 is 0 Å². The van der Waals surface area contributed by atoms with Gasteiger partial charge in [-0.1, -0.05) is 11.6 Å². The predicted octanol–water partition coefficient (Wildman–Crippen LogP) is 3.22. The van der Waals surface area contributed by atoms with Crippen LogP contribution in [0.4, 0.5) is 0 Å². The van der Waals surface area contributed by atoms with E-state index in [0.717, 1.165) is 15.7 Å². The van der Waals surface area contributed by atoms with Gasteiger partial charge in [-0.25, -0.2) is 4.98 Å². The topological polar surface area (TPSA) is 52.0 Å². The van der Waals surface area contributed by atoms with E-state index in [0.29, 0.717) is 17.5 Å². The summed E-state index contributed by atoms with van der Waals surface area (Å²) in [6.45, 7) is 0.363. The average molecular weight is 288 g/mol. The molecule has 78 valence electrons. The highest BCUT2D eigenvalue weighted by Gasteiger charge is 2.09. The molecule has 0 aliphatic rings. The number of benzene rings is 1. The van der Waals surface area contributed by atoms with Gasteiger partial charge in [0.2, 0.25) is 5.89 Å². The quantitative estimate of drug-likeness (QED) is 0.922. The van der Waals surface area contributed by atoms with Crippen LogP contribution in [0.15, 0.2) is 33.4 Å². The highest BCUT2D eigenvalue weighted by molar-refractivity contribution is 9.10. The van der Waals surface area contributed by atoms with Crippen LogP contribution in [0.2, 0.25) is 5.02 Å². The van der Waals surface area contributed by atoms with Crippen molar-refractivity contribution in [3.8, 4) is 11.5 Å². The normalized spacial score (nSPS) is 10.6. The van der Waals surface area contributed by atoms with E-state index in [1.165, 1.54) is 0 Å². The van der Waals surface area contributed by atoms with Gasteiger partial charge in [0.25, 0.3) is 0 Å². The first-order valence-corrected chi connectivity index (χ1v) is 5.47. The summed E-state index contributed by atoms with van der Waals surface area (Å²) in [5.74, 6) is 0.518. The Morgan fingerprint density at radius 2 is 2.27 bits per heavy atom. The molecule has 2 N–H and O–H groups in total. The van der Waals surface area contributed by atoms with E-state index in [1.54, 1.807) is 18.4 Å². The second-order valence-electron chi connectivity index (χ2n) is 2.97. The molecule has 1 aromatic carbocycles. The first-order valence-electron chi connectivity index (χ1n) is 4.30. The van der Waals surface area contributed by atoms with Crippen LogP contribution in [-0.4, -0.2) is 4.98 Å². The summed E-state index contributed by atoms with van der Waals surface area (Å²) in [5.41, 5.74) is 6.99. The third-order valence-electron chi connectivity index (χ3n) is 1.92. The predicted molar refractivity (Wildman–Crippen MR) is 62.5 cm³/mol. The van der Waals surface area contributed by atoms with Gasteiger partial charge < -0.3 is 10.2 Å². The summed E-state index contributed by atoms with van der Waals surface area (Å²) >= 11 is 9.30. The maximum atomic E-state index is 5.89. The van der Waals surface area contributed by atoms with Crippen LogP contribution in [0.25, 0.3) is 11.5 Å². The van der Waals surface area contributed by atoms with Crippen molar-refractivity contribution in [1.82, 2.24) is 4.98 Å². The van der Waals surface area contributed by atoms with Gasteiger partial charge in [-0.2, -0.15) is 0 Å². The average Bonchev–Trinajstić information content (AvgIpc) is 2.70. The minimum absolute atomic E-state index is 0.363. The molecule has 0 saturated carbocycles. The number of nitrogens with zero attached hydrogens (tertiary/aromatic N) is 1. The Balaban J connectivity index is 2.48. The molecule has 0 saturated heterocycles. The Morgan fingerprint density at radius 1 is 1.47 bits per heavy atom. The summed E-state index contributed by atoms with van der Waals surface area (Å²) in [6.07, 6.45) is 1.54. The number of aromatic nitrogens is 1. The zero-order valence-electron chi connectivity index (χ0n) is 7.71. The van der Waals surface area contributed by atoms with E-state index in [1.807, 2.05) is 6.07 Å². The van der Waals surface area contributed by atoms with Crippen LogP contribution in [0.1, 0.15) is 5.69 Å². The van der Waals surface area contributed by atoms with Crippen LogP contribution in [0.3, 0.4) is 0 Å². The monoisotopic (exact) mass is 286 g/mol. The van der Waals surface area contributed by atoms with Crippen molar-refractivity contribution >= 4 is 27.5 Å². The maximum Gasteiger partial charge on any atom is 0.227 e. The number of hydrogen-bond donors (Lipinski definition) is 1. The van der Waals surface area contributed by atoms with E-state index in [-0.39, 0.29) is 0 Å². The van der Waals surface area contributed by atoms with Gasteiger partial charge >= 0.3 is 0 Å². The van der Waals surface area contributed by atoms with Crippen LogP contribution in [0, 0.1) is 0 Å². The van der Waals surface area contributed by atoms with Crippen molar-refractivity contribution in [2.24, 2.45) is 5.73 Å². The van der Waals surface area contributed by atoms with Crippen LogP contribution in [-0.2, 0) is 6.54 Å². The Morgan fingerprint density at radius 3 is 2.93 bits per heavy atom. The minimum Gasteiger partial charge on any atom is -0.444 e. The zero-order chi connectivity index (χ0) is 10.8. The molecule has 1 aromatic heterocycles. The largest absolute Gasteiger partial charge is 0.444 e. The maximum absolute atomic E-state index is 5.89. The molecular weight excluding hydrogens is 279 g/mol. The molecular formula is C10H8BrClN2O. The third-order valence-corrected chi connectivity index (χ3v) is 2.85. The molecule has 5 heteroatoms. The van der Waals surface area contributed by atoms with E-state index in [2.05, 4.69) is 20.9 Å². The van der Waals surface area contributed by atoms with Crippen LogP contribution >= 0.6 is 27.5 Å². The Bertz CT molecular complexity index is 484. The summed E-state index contributed by atoms with van der Waals surface area (Å²) in [5, 5.41) is 0.640. The molecule has 0 radical (unpaired) electrons. The van der Waals surface area contributed by atoms with Crippen LogP contribution < -0.4 is 5.73 Å². The van der Waals surface area contributed by atoms with Crippen LogP contribution in [0.5, 0.6) is 0 Å². The number of hydrogen-bond acceptors (Lipinski definition) is 3. The lowest BCUT2D eigenvalue weighted by Gasteiger charge is -1.99. The Kier molecular flexibility index (Phi) is 3.09. The second kappa shape index (κ2) is 4.35. The lowest BCUT2D eigenvalue weighted by Crippen LogP contribution is -1.95. The zero-order valence-corrected chi connectivity index (χ0v) is 10.0. The molecule has 0 atom stereocenters. The molecule has 2 rings (SSSR count). The van der Waals surface area contributed by atoms with Gasteiger partial charge in [0.05, 0.1) is 11.3 Å². The standard InChI is InChI=1S/C10H8BrClN2O/c11-9-2-1-6(12)3-8(9)10-14-7(4-13)5-15-10/h1-3,5H,4,13H2. The molecule has 0 amide bonds. The summed E-state index contributed by atoms with van der Waals surface area (Å²) in [4.78, 5) is 4.22. The molecule has 1 heterocycles. The van der Waals surface area contributed by atoms with Crippen molar-refractivity contribution in [1.29, 1.82) is 0 Å². The van der Waals surface area contributed by atoms with Crippen molar-refractivity contribution in [3.05, 3.63) is 39.7 Å².